The summed E-state index contributed by atoms with van der Waals surface area (Å²) in [5, 5.41) is 3.41. The number of halogens is 1. The summed E-state index contributed by atoms with van der Waals surface area (Å²) in [4.78, 5) is 28.0. The number of carbonyl (C=O) groups excluding carboxylic acids is 2. The second-order valence-electron chi connectivity index (χ2n) is 6.70. The average molecular weight is 435 g/mol. The molecule has 0 radical (unpaired) electrons. The first-order valence-electron chi connectivity index (χ1n) is 9.47. The van der Waals surface area contributed by atoms with E-state index in [9.17, 15) is 9.59 Å². The van der Waals surface area contributed by atoms with Crippen LogP contribution in [0.3, 0.4) is 0 Å². The van der Waals surface area contributed by atoms with E-state index < -0.39 is 11.8 Å². The van der Waals surface area contributed by atoms with Crippen molar-refractivity contribution in [3.8, 4) is 11.5 Å². The number of hydrogen-bond donors (Lipinski definition) is 1. The van der Waals surface area contributed by atoms with Crippen molar-refractivity contribution >= 4 is 40.4 Å². The van der Waals surface area contributed by atoms with Gasteiger partial charge in [-0.25, -0.2) is 4.90 Å². The molecule has 4 rings (SSSR count). The molecule has 1 heterocycles. The molecule has 0 saturated carbocycles. The van der Waals surface area contributed by atoms with E-state index in [2.05, 4.69) is 5.32 Å². The highest BCUT2D eigenvalue weighted by atomic mass is 35.5. The first kappa shape index (κ1) is 20.5. The van der Waals surface area contributed by atoms with Crippen LogP contribution in [0.1, 0.15) is 5.56 Å². The van der Waals surface area contributed by atoms with Crippen LogP contribution in [0.5, 0.6) is 11.5 Å². The minimum atomic E-state index is -0.505. The van der Waals surface area contributed by atoms with Crippen LogP contribution < -0.4 is 19.7 Å². The van der Waals surface area contributed by atoms with Crippen LogP contribution in [0.4, 0.5) is 11.4 Å². The molecule has 1 aliphatic heterocycles. The highest BCUT2D eigenvalue weighted by Gasteiger charge is 2.41. The number of hydrogen-bond acceptors (Lipinski definition) is 5. The predicted octanol–water partition coefficient (Wildman–Crippen LogP) is 4.75. The second kappa shape index (κ2) is 8.53. The molecule has 0 spiro atoms. The van der Waals surface area contributed by atoms with Crippen molar-refractivity contribution in [1.29, 1.82) is 0 Å². The zero-order valence-electron chi connectivity index (χ0n) is 16.9. The molecule has 0 fully saturated rings. The highest BCUT2D eigenvalue weighted by Crippen LogP contribution is 2.39. The average Bonchev–Trinajstić information content (AvgIpc) is 3.04. The lowest BCUT2D eigenvalue weighted by atomic mass is 10.0. The van der Waals surface area contributed by atoms with Gasteiger partial charge in [0.15, 0.2) is 0 Å². The molecule has 0 aromatic heterocycles. The maximum atomic E-state index is 13.5. The van der Waals surface area contributed by atoms with E-state index in [1.807, 2.05) is 0 Å². The van der Waals surface area contributed by atoms with Crippen molar-refractivity contribution < 1.29 is 19.1 Å². The van der Waals surface area contributed by atoms with Crippen molar-refractivity contribution in [1.82, 2.24) is 0 Å². The van der Waals surface area contributed by atoms with Gasteiger partial charge in [0, 0.05) is 11.3 Å². The Kier molecular flexibility index (Phi) is 5.64. The number of amides is 2. The van der Waals surface area contributed by atoms with E-state index in [1.165, 1.54) is 7.11 Å². The highest BCUT2D eigenvalue weighted by molar-refractivity contribution is 6.48. The molecule has 3 aromatic carbocycles. The summed E-state index contributed by atoms with van der Waals surface area (Å²) in [6.45, 7) is 0. The van der Waals surface area contributed by atoms with Gasteiger partial charge in [0.05, 0.1) is 30.5 Å². The SMILES string of the molecule is COc1ccc(NC2=C(c3ccccc3OC)C(=O)N(c3ccccc3Cl)C2=O)cc1. The molecule has 6 nitrogen and oxygen atoms in total. The fraction of sp³-hybridized carbons (Fsp3) is 0.0833. The van der Waals surface area contributed by atoms with Crippen LogP contribution in [0.2, 0.25) is 5.02 Å². The number of benzene rings is 3. The Morgan fingerprint density at radius 3 is 2.16 bits per heavy atom. The second-order valence-corrected chi connectivity index (χ2v) is 7.11. The van der Waals surface area contributed by atoms with E-state index in [0.717, 1.165) is 4.90 Å². The van der Waals surface area contributed by atoms with Gasteiger partial charge in [-0.05, 0) is 42.5 Å². The van der Waals surface area contributed by atoms with Crippen LogP contribution in [0.15, 0.2) is 78.5 Å². The van der Waals surface area contributed by atoms with E-state index in [4.69, 9.17) is 21.1 Å². The largest absolute Gasteiger partial charge is 0.497 e. The van der Waals surface area contributed by atoms with E-state index in [-0.39, 0.29) is 11.3 Å². The topological polar surface area (TPSA) is 67.9 Å². The van der Waals surface area contributed by atoms with Crippen molar-refractivity contribution in [2.24, 2.45) is 0 Å². The minimum Gasteiger partial charge on any atom is -0.497 e. The molecule has 156 valence electrons. The summed E-state index contributed by atoms with van der Waals surface area (Å²) in [5.41, 5.74) is 1.80. The van der Waals surface area contributed by atoms with E-state index >= 15 is 0 Å². The van der Waals surface area contributed by atoms with Crippen LogP contribution in [0, 0.1) is 0 Å². The molecule has 1 N–H and O–H groups in total. The number of imide groups is 1. The van der Waals surface area contributed by atoms with Crippen LogP contribution in [-0.2, 0) is 9.59 Å². The van der Waals surface area contributed by atoms with Gasteiger partial charge in [0.2, 0.25) is 0 Å². The first-order chi connectivity index (χ1) is 15.0. The number of nitrogens with one attached hydrogen (secondary N) is 1. The normalized spacial score (nSPS) is 13.6. The third kappa shape index (κ3) is 3.73. The fourth-order valence-electron chi connectivity index (χ4n) is 3.42. The number of ether oxygens (including phenoxy) is 2. The van der Waals surface area contributed by atoms with Gasteiger partial charge < -0.3 is 14.8 Å². The summed E-state index contributed by atoms with van der Waals surface area (Å²) in [6.07, 6.45) is 0. The lowest BCUT2D eigenvalue weighted by molar-refractivity contribution is -0.120. The Bertz CT molecular complexity index is 1190. The van der Waals surface area contributed by atoms with Gasteiger partial charge in [0.1, 0.15) is 17.2 Å². The fourth-order valence-corrected chi connectivity index (χ4v) is 3.64. The summed E-state index contributed by atoms with van der Waals surface area (Å²) in [6, 6.07) is 20.8. The van der Waals surface area contributed by atoms with Gasteiger partial charge in [-0.3, -0.25) is 9.59 Å². The Labute approximate surface area is 184 Å². The standard InChI is InChI=1S/C24H19ClN2O4/c1-30-16-13-11-15(12-14-16)26-22-21(17-7-3-6-10-20(17)31-2)23(28)27(24(22)29)19-9-5-4-8-18(19)25/h3-14,26H,1-2H3. The van der Waals surface area contributed by atoms with Gasteiger partial charge in [0.25, 0.3) is 11.8 Å². The predicted molar refractivity (Wildman–Crippen MR) is 120 cm³/mol. The van der Waals surface area contributed by atoms with Crippen molar-refractivity contribution in [2.75, 3.05) is 24.4 Å². The van der Waals surface area contributed by atoms with Crippen LogP contribution in [-0.4, -0.2) is 26.0 Å². The molecule has 31 heavy (non-hydrogen) atoms. The maximum Gasteiger partial charge on any atom is 0.282 e. The number of methoxy groups -OCH3 is 2. The van der Waals surface area contributed by atoms with Crippen LogP contribution in [0.25, 0.3) is 5.57 Å². The Hall–Kier alpha value is -3.77. The molecule has 0 aliphatic carbocycles. The van der Waals surface area contributed by atoms with E-state index in [0.29, 0.717) is 33.5 Å². The molecule has 0 bridgehead atoms. The first-order valence-corrected chi connectivity index (χ1v) is 9.85. The number of para-hydroxylation sites is 2. The zero-order chi connectivity index (χ0) is 22.0. The summed E-state index contributed by atoms with van der Waals surface area (Å²) in [5.74, 6) is 0.165. The molecule has 0 unspecified atom stereocenters. The number of carbonyl (C=O) groups is 2. The summed E-state index contributed by atoms with van der Waals surface area (Å²) < 4.78 is 10.6. The molecule has 3 aromatic rings. The smallest absolute Gasteiger partial charge is 0.282 e. The number of nitrogens with zero attached hydrogens (tertiary/aromatic N) is 1. The zero-order valence-corrected chi connectivity index (χ0v) is 17.6. The number of anilines is 2. The summed E-state index contributed by atoms with van der Waals surface area (Å²) >= 11 is 6.30. The summed E-state index contributed by atoms with van der Waals surface area (Å²) in [7, 11) is 3.09. The van der Waals surface area contributed by atoms with Crippen molar-refractivity contribution in [2.45, 2.75) is 0 Å². The molecule has 2 amide bonds. The monoisotopic (exact) mass is 434 g/mol. The van der Waals surface area contributed by atoms with Crippen molar-refractivity contribution in [3.05, 3.63) is 89.1 Å². The van der Waals surface area contributed by atoms with Crippen LogP contribution >= 0.6 is 11.6 Å². The molecule has 0 saturated heterocycles. The van der Waals surface area contributed by atoms with Gasteiger partial charge in [-0.15, -0.1) is 0 Å². The van der Waals surface area contributed by atoms with Crippen molar-refractivity contribution in [3.63, 3.8) is 0 Å². The lowest BCUT2D eigenvalue weighted by Crippen LogP contribution is -2.32. The molecule has 0 atom stereocenters. The Morgan fingerprint density at radius 1 is 0.806 bits per heavy atom. The molecular formula is C24H19ClN2O4. The van der Waals surface area contributed by atoms with E-state index in [1.54, 1.807) is 79.9 Å². The quantitative estimate of drug-likeness (QED) is 0.567. The van der Waals surface area contributed by atoms with Gasteiger partial charge >= 0.3 is 0 Å². The Balaban J connectivity index is 1.85. The molecule has 7 heteroatoms. The number of rotatable bonds is 6. The van der Waals surface area contributed by atoms with Gasteiger partial charge in [-0.2, -0.15) is 0 Å². The Morgan fingerprint density at radius 2 is 1.48 bits per heavy atom. The van der Waals surface area contributed by atoms with Gasteiger partial charge in [-0.1, -0.05) is 41.9 Å². The molecule has 1 aliphatic rings. The maximum absolute atomic E-state index is 13.5. The third-order valence-electron chi connectivity index (χ3n) is 4.91. The lowest BCUT2D eigenvalue weighted by Gasteiger charge is -2.17. The minimum absolute atomic E-state index is 0.139. The molecular weight excluding hydrogens is 416 g/mol. The third-order valence-corrected chi connectivity index (χ3v) is 5.23.